The zero-order chi connectivity index (χ0) is 16.7. The topological polar surface area (TPSA) is 78.0 Å². The van der Waals surface area contributed by atoms with Crippen LogP contribution in [0, 0.1) is 24.0 Å². The second kappa shape index (κ2) is 5.58. The summed E-state index contributed by atoms with van der Waals surface area (Å²) in [6.45, 7) is 3.63. The van der Waals surface area contributed by atoms with Crippen molar-refractivity contribution in [1.29, 1.82) is 0 Å². The van der Waals surface area contributed by atoms with E-state index in [0.717, 1.165) is 10.0 Å². The standard InChI is InChI=1S/C16H12BrN3O3/c1-9-7-11(17)3-6-15(9)19-10(2)18-14-5-4-12(20(22)23)8-13(14)16(19)21/h3-8H,1-2H3. The lowest BCUT2D eigenvalue weighted by Gasteiger charge is -2.13. The van der Waals surface area contributed by atoms with Gasteiger partial charge in [0, 0.05) is 16.6 Å². The minimum atomic E-state index is -0.520. The van der Waals surface area contributed by atoms with Gasteiger partial charge in [-0.05, 0) is 43.7 Å². The summed E-state index contributed by atoms with van der Waals surface area (Å²) in [7, 11) is 0. The second-order valence-corrected chi connectivity index (χ2v) is 6.10. The van der Waals surface area contributed by atoms with Gasteiger partial charge in [0.25, 0.3) is 11.2 Å². The molecule has 0 aliphatic rings. The van der Waals surface area contributed by atoms with Crippen LogP contribution in [-0.2, 0) is 0 Å². The number of halogens is 1. The summed E-state index contributed by atoms with van der Waals surface area (Å²) >= 11 is 3.39. The van der Waals surface area contributed by atoms with E-state index in [-0.39, 0.29) is 16.6 Å². The van der Waals surface area contributed by atoms with Gasteiger partial charge in [0.1, 0.15) is 5.82 Å². The summed E-state index contributed by atoms with van der Waals surface area (Å²) in [5.74, 6) is 0.529. The van der Waals surface area contributed by atoms with E-state index < -0.39 is 4.92 Å². The second-order valence-electron chi connectivity index (χ2n) is 5.19. The van der Waals surface area contributed by atoms with Gasteiger partial charge in [0.15, 0.2) is 0 Å². The third-order valence-corrected chi connectivity index (χ3v) is 4.12. The summed E-state index contributed by atoms with van der Waals surface area (Å²) in [6.07, 6.45) is 0. The van der Waals surface area contributed by atoms with Crippen LogP contribution in [0.3, 0.4) is 0 Å². The van der Waals surface area contributed by atoms with Crippen molar-refractivity contribution < 1.29 is 4.92 Å². The summed E-state index contributed by atoms with van der Waals surface area (Å²) in [5, 5.41) is 11.2. The van der Waals surface area contributed by atoms with Gasteiger partial charge < -0.3 is 0 Å². The van der Waals surface area contributed by atoms with Gasteiger partial charge in [-0.3, -0.25) is 19.5 Å². The molecule has 6 nitrogen and oxygen atoms in total. The molecule has 3 aromatic rings. The van der Waals surface area contributed by atoms with E-state index >= 15 is 0 Å². The quantitative estimate of drug-likeness (QED) is 0.507. The molecule has 0 aliphatic heterocycles. The van der Waals surface area contributed by atoms with Gasteiger partial charge in [-0.1, -0.05) is 15.9 Å². The molecular weight excluding hydrogens is 362 g/mol. The normalized spacial score (nSPS) is 10.9. The number of hydrogen-bond donors (Lipinski definition) is 0. The molecule has 0 fully saturated rings. The largest absolute Gasteiger partial charge is 0.270 e. The highest BCUT2D eigenvalue weighted by molar-refractivity contribution is 9.10. The smallest absolute Gasteiger partial charge is 0.268 e. The van der Waals surface area contributed by atoms with E-state index in [1.54, 1.807) is 6.92 Å². The molecule has 116 valence electrons. The van der Waals surface area contributed by atoms with Crippen LogP contribution in [0.4, 0.5) is 5.69 Å². The number of nitro groups is 1. The predicted molar refractivity (Wildman–Crippen MR) is 91.2 cm³/mol. The highest BCUT2D eigenvalue weighted by Gasteiger charge is 2.15. The first-order valence-corrected chi connectivity index (χ1v) is 7.62. The van der Waals surface area contributed by atoms with Crippen LogP contribution in [0.2, 0.25) is 0 Å². The van der Waals surface area contributed by atoms with Crippen LogP contribution in [0.15, 0.2) is 45.7 Å². The third-order valence-electron chi connectivity index (χ3n) is 3.63. The Morgan fingerprint density at radius 3 is 2.57 bits per heavy atom. The molecular formula is C16H12BrN3O3. The van der Waals surface area contributed by atoms with Crippen molar-refractivity contribution >= 4 is 32.5 Å². The average Bonchev–Trinajstić information content (AvgIpc) is 2.49. The maximum Gasteiger partial charge on any atom is 0.270 e. The highest BCUT2D eigenvalue weighted by atomic mass is 79.9. The minimum absolute atomic E-state index is 0.126. The Bertz CT molecular complexity index is 1010. The first-order chi connectivity index (χ1) is 10.9. The zero-order valence-electron chi connectivity index (χ0n) is 12.4. The van der Waals surface area contributed by atoms with Gasteiger partial charge >= 0.3 is 0 Å². The molecule has 1 heterocycles. The molecule has 2 aromatic carbocycles. The Balaban J connectivity index is 2.37. The summed E-state index contributed by atoms with van der Waals surface area (Å²) in [6, 6.07) is 9.68. The molecule has 0 saturated carbocycles. The average molecular weight is 374 g/mol. The van der Waals surface area contributed by atoms with Crippen LogP contribution in [0.25, 0.3) is 16.6 Å². The maximum atomic E-state index is 12.9. The lowest BCUT2D eigenvalue weighted by atomic mass is 10.1. The van der Waals surface area contributed by atoms with Crippen molar-refractivity contribution in [3.63, 3.8) is 0 Å². The van der Waals surface area contributed by atoms with E-state index in [1.165, 1.54) is 22.8 Å². The Kier molecular flexibility index (Phi) is 3.73. The van der Waals surface area contributed by atoms with Gasteiger partial charge in [0.2, 0.25) is 0 Å². The molecule has 0 saturated heterocycles. The first kappa shape index (κ1) is 15.4. The maximum absolute atomic E-state index is 12.9. The molecule has 0 unspecified atom stereocenters. The zero-order valence-corrected chi connectivity index (χ0v) is 14.0. The molecule has 0 aliphatic carbocycles. The van der Waals surface area contributed by atoms with E-state index in [0.29, 0.717) is 17.0 Å². The molecule has 1 aromatic heterocycles. The Morgan fingerprint density at radius 2 is 1.91 bits per heavy atom. The Morgan fingerprint density at radius 1 is 1.17 bits per heavy atom. The summed E-state index contributed by atoms with van der Waals surface area (Å²) < 4.78 is 2.39. The molecule has 0 atom stereocenters. The molecule has 3 rings (SSSR count). The van der Waals surface area contributed by atoms with E-state index in [2.05, 4.69) is 20.9 Å². The van der Waals surface area contributed by atoms with Gasteiger partial charge in [-0.25, -0.2) is 4.98 Å². The van der Waals surface area contributed by atoms with E-state index in [4.69, 9.17) is 0 Å². The number of benzene rings is 2. The number of fused-ring (bicyclic) bond motifs is 1. The highest BCUT2D eigenvalue weighted by Crippen LogP contribution is 2.22. The van der Waals surface area contributed by atoms with Crippen LogP contribution in [-0.4, -0.2) is 14.5 Å². The number of hydrogen-bond acceptors (Lipinski definition) is 4. The fourth-order valence-corrected chi connectivity index (χ4v) is 3.03. The van der Waals surface area contributed by atoms with Crippen molar-refractivity contribution in [1.82, 2.24) is 9.55 Å². The first-order valence-electron chi connectivity index (χ1n) is 6.83. The van der Waals surface area contributed by atoms with Crippen molar-refractivity contribution in [3.8, 4) is 5.69 Å². The van der Waals surface area contributed by atoms with Crippen molar-refractivity contribution in [2.75, 3.05) is 0 Å². The number of non-ortho nitro benzene ring substituents is 1. The Hall–Kier alpha value is -2.54. The fraction of sp³-hybridized carbons (Fsp3) is 0.125. The monoisotopic (exact) mass is 373 g/mol. The van der Waals surface area contributed by atoms with Crippen LogP contribution >= 0.6 is 15.9 Å². The summed E-state index contributed by atoms with van der Waals surface area (Å²) in [4.78, 5) is 27.7. The molecule has 0 radical (unpaired) electrons. The number of rotatable bonds is 2. The molecule has 0 bridgehead atoms. The number of nitrogens with zero attached hydrogens (tertiary/aromatic N) is 3. The number of nitro benzene ring substituents is 1. The van der Waals surface area contributed by atoms with Gasteiger partial charge in [-0.2, -0.15) is 0 Å². The third kappa shape index (κ3) is 2.63. The van der Waals surface area contributed by atoms with Crippen LogP contribution in [0.5, 0.6) is 0 Å². The molecule has 23 heavy (non-hydrogen) atoms. The van der Waals surface area contributed by atoms with E-state index in [1.807, 2.05) is 25.1 Å². The van der Waals surface area contributed by atoms with Crippen molar-refractivity contribution in [2.45, 2.75) is 13.8 Å². The van der Waals surface area contributed by atoms with Crippen LogP contribution < -0.4 is 5.56 Å². The van der Waals surface area contributed by atoms with Crippen LogP contribution in [0.1, 0.15) is 11.4 Å². The number of aryl methyl sites for hydroxylation is 2. The Labute approximate surface area is 139 Å². The lowest BCUT2D eigenvalue weighted by Crippen LogP contribution is -2.23. The van der Waals surface area contributed by atoms with Crippen molar-refractivity contribution in [3.05, 3.63) is 72.7 Å². The molecule has 0 amide bonds. The molecule has 0 spiro atoms. The van der Waals surface area contributed by atoms with Gasteiger partial charge in [0.05, 0.1) is 21.5 Å². The SMILES string of the molecule is Cc1cc(Br)ccc1-n1c(C)nc2ccc([N+](=O)[O-])cc2c1=O. The minimum Gasteiger partial charge on any atom is -0.268 e. The fourth-order valence-electron chi connectivity index (χ4n) is 2.55. The number of aromatic nitrogens is 2. The molecule has 0 N–H and O–H groups in total. The lowest BCUT2D eigenvalue weighted by molar-refractivity contribution is -0.384. The molecule has 7 heteroatoms. The van der Waals surface area contributed by atoms with Crippen molar-refractivity contribution in [2.24, 2.45) is 0 Å². The van der Waals surface area contributed by atoms with Gasteiger partial charge in [-0.15, -0.1) is 0 Å². The predicted octanol–water partition coefficient (Wildman–Crippen LogP) is 3.67. The summed E-state index contributed by atoms with van der Waals surface area (Å²) in [5.41, 5.74) is 1.61. The van der Waals surface area contributed by atoms with E-state index in [9.17, 15) is 14.9 Å².